The maximum atomic E-state index is 12.9. The van der Waals surface area contributed by atoms with Crippen LogP contribution in [0.4, 0.5) is 0 Å². The molecule has 4 rings (SSSR count). The summed E-state index contributed by atoms with van der Waals surface area (Å²) >= 11 is 5.96. The van der Waals surface area contributed by atoms with Crippen LogP contribution in [0.15, 0.2) is 42.5 Å². The smallest absolute Gasteiger partial charge is 0.274 e. The van der Waals surface area contributed by atoms with Crippen molar-refractivity contribution in [3.05, 3.63) is 53.1 Å². The fourth-order valence-electron chi connectivity index (χ4n) is 3.52. The van der Waals surface area contributed by atoms with Gasteiger partial charge in [0.1, 0.15) is 5.75 Å². The van der Waals surface area contributed by atoms with Crippen LogP contribution in [0.1, 0.15) is 10.4 Å². The summed E-state index contributed by atoms with van der Waals surface area (Å²) in [5, 5.41) is 13.5. The first-order valence-corrected chi connectivity index (χ1v) is 9.46. The Morgan fingerprint density at radius 1 is 1.00 bits per heavy atom. The Balaban J connectivity index is 1.49. The lowest BCUT2D eigenvalue weighted by Crippen LogP contribution is -2.57. The molecule has 0 unspecified atom stereocenters. The van der Waals surface area contributed by atoms with Crippen LogP contribution >= 0.6 is 11.6 Å². The van der Waals surface area contributed by atoms with Gasteiger partial charge in [-0.3, -0.25) is 9.69 Å². The molecular weight excluding hydrogens is 366 g/mol. The number of fused-ring (bicyclic) bond motifs is 1. The minimum atomic E-state index is -0.0329. The van der Waals surface area contributed by atoms with Crippen LogP contribution in [0.5, 0.6) is 5.75 Å². The molecule has 0 saturated carbocycles. The third-order valence-corrected chi connectivity index (χ3v) is 5.32. The highest BCUT2D eigenvalue weighted by Crippen LogP contribution is 2.32. The second-order valence-electron chi connectivity index (χ2n) is 6.71. The lowest BCUT2D eigenvalue weighted by Gasteiger charge is -2.42. The number of piperazine rings is 1. The summed E-state index contributed by atoms with van der Waals surface area (Å²) in [6, 6.07) is 13.3. The number of nitrogens with zero attached hydrogens (tertiary/aromatic N) is 3. The molecule has 0 aromatic heterocycles. The van der Waals surface area contributed by atoms with E-state index in [9.17, 15) is 4.79 Å². The van der Waals surface area contributed by atoms with Crippen molar-refractivity contribution in [2.75, 3.05) is 46.1 Å². The zero-order valence-electron chi connectivity index (χ0n) is 15.0. The molecule has 2 heterocycles. The molecule has 27 heavy (non-hydrogen) atoms. The van der Waals surface area contributed by atoms with Gasteiger partial charge in [-0.25, -0.2) is 10.0 Å². The largest absolute Gasteiger partial charge is 0.471 e. The molecule has 2 aliphatic heterocycles. The zero-order valence-corrected chi connectivity index (χ0v) is 15.7. The molecule has 0 spiro atoms. The number of hydrogen-bond donors (Lipinski definition) is 1. The number of amides is 1. The molecule has 2 aromatic carbocycles. The monoisotopic (exact) mass is 387 g/mol. The molecule has 142 valence electrons. The maximum Gasteiger partial charge on any atom is 0.274 e. The maximum absolute atomic E-state index is 12.9. The van der Waals surface area contributed by atoms with Crippen LogP contribution in [0.25, 0.3) is 11.1 Å². The minimum Gasteiger partial charge on any atom is -0.471 e. The predicted molar refractivity (Wildman–Crippen MR) is 104 cm³/mol. The van der Waals surface area contributed by atoms with Crippen LogP contribution in [0.2, 0.25) is 5.02 Å². The van der Waals surface area contributed by atoms with Gasteiger partial charge in [-0.05, 0) is 35.4 Å². The predicted octanol–water partition coefficient (Wildman–Crippen LogP) is 2.32. The van der Waals surface area contributed by atoms with Crippen molar-refractivity contribution in [3.8, 4) is 16.9 Å². The van der Waals surface area contributed by atoms with Crippen LogP contribution in [0.3, 0.4) is 0 Å². The van der Waals surface area contributed by atoms with Crippen LogP contribution in [-0.2, 0) is 0 Å². The standard InChI is InChI=1S/C20H22ClN3O3/c21-17-4-1-15(2-5-17)16-3-6-18-19(13-16)27-14-24(20(18)26)23-9-7-22(8-10-23)11-12-25/h1-6,13,25H,7-12,14H2. The average Bonchev–Trinajstić information content (AvgIpc) is 2.70. The number of β-amino-alcohol motifs (C(OH)–C–C–N with tert-alkyl or cyclic N) is 1. The van der Waals surface area contributed by atoms with E-state index in [1.54, 1.807) is 5.01 Å². The number of halogens is 1. The van der Waals surface area contributed by atoms with Crippen molar-refractivity contribution >= 4 is 17.5 Å². The number of hydrogen-bond acceptors (Lipinski definition) is 5. The Labute approximate surface area is 163 Å². The van der Waals surface area contributed by atoms with Gasteiger partial charge >= 0.3 is 0 Å². The van der Waals surface area contributed by atoms with Gasteiger partial charge in [-0.2, -0.15) is 0 Å². The third-order valence-electron chi connectivity index (χ3n) is 5.07. The van der Waals surface area contributed by atoms with Gasteiger partial charge in [0.25, 0.3) is 5.91 Å². The van der Waals surface area contributed by atoms with Crippen LogP contribution < -0.4 is 4.74 Å². The van der Waals surface area contributed by atoms with Crippen molar-refractivity contribution in [2.45, 2.75) is 0 Å². The van der Waals surface area contributed by atoms with E-state index in [1.165, 1.54) is 0 Å². The van der Waals surface area contributed by atoms with Gasteiger partial charge in [0.15, 0.2) is 6.73 Å². The van der Waals surface area contributed by atoms with Gasteiger partial charge < -0.3 is 9.84 Å². The van der Waals surface area contributed by atoms with Gasteiger partial charge in [-0.1, -0.05) is 29.8 Å². The number of aliphatic hydroxyl groups is 1. The highest BCUT2D eigenvalue weighted by atomic mass is 35.5. The first-order valence-electron chi connectivity index (χ1n) is 9.08. The zero-order chi connectivity index (χ0) is 18.8. The normalized spacial score (nSPS) is 18.3. The number of aliphatic hydroxyl groups excluding tert-OH is 1. The summed E-state index contributed by atoms with van der Waals surface area (Å²) < 4.78 is 5.90. The molecule has 1 saturated heterocycles. The molecule has 2 aliphatic rings. The van der Waals surface area contributed by atoms with E-state index < -0.39 is 0 Å². The second kappa shape index (κ2) is 7.86. The van der Waals surface area contributed by atoms with E-state index in [0.717, 1.165) is 37.3 Å². The molecule has 0 bridgehead atoms. The van der Waals surface area contributed by atoms with Crippen molar-refractivity contribution in [2.24, 2.45) is 0 Å². The molecule has 0 atom stereocenters. The SMILES string of the molecule is O=C1c2ccc(-c3ccc(Cl)cc3)cc2OCN1N1CCN(CCO)CC1. The molecular formula is C20H22ClN3O3. The fourth-order valence-corrected chi connectivity index (χ4v) is 3.65. The first-order chi connectivity index (χ1) is 13.2. The number of carbonyl (C=O) groups is 1. The Bertz CT molecular complexity index is 820. The van der Waals surface area contributed by atoms with Crippen molar-refractivity contribution in [1.82, 2.24) is 14.9 Å². The number of benzene rings is 2. The van der Waals surface area contributed by atoms with E-state index in [4.69, 9.17) is 21.4 Å². The number of ether oxygens (including phenoxy) is 1. The van der Waals surface area contributed by atoms with Crippen molar-refractivity contribution in [1.29, 1.82) is 0 Å². The number of rotatable bonds is 4. The fraction of sp³-hybridized carbons (Fsp3) is 0.350. The molecule has 1 amide bonds. The highest BCUT2D eigenvalue weighted by molar-refractivity contribution is 6.30. The van der Waals surface area contributed by atoms with Crippen LogP contribution in [-0.4, -0.2) is 72.0 Å². The Morgan fingerprint density at radius 3 is 2.41 bits per heavy atom. The summed E-state index contributed by atoms with van der Waals surface area (Å²) in [5.41, 5.74) is 2.60. The average molecular weight is 388 g/mol. The molecule has 0 aliphatic carbocycles. The number of hydrazine groups is 1. The molecule has 6 nitrogen and oxygen atoms in total. The van der Waals surface area contributed by atoms with E-state index in [-0.39, 0.29) is 19.2 Å². The summed E-state index contributed by atoms with van der Waals surface area (Å²) in [6.45, 7) is 4.19. The molecule has 2 aromatic rings. The Hall–Kier alpha value is -2.12. The lowest BCUT2D eigenvalue weighted by atomic mass is 10.0. The van der Waals surface area contributed by atoms with Gasteiger partial charge in [-0.15, -0.1) is 0 Å². The third kappa shape index (κ3) is 3.80. The molecule has 0 radical (unpaired) electrons. The van der Waals surface area contributed by atoms with Gasteiger partial charge in [0.05, 0.1) is 12.2 Å². The first kappa shape index (κ1) is 18.3. The minimum absolute atomic E-state index is 0.0329. The quantitative estimate of drug-likeness (QED) is 0.872. The Morgan fingerprint density at radius 2 is 1.70 bits per heavy atom. The van der Waals surface area contributed by atoms with Crippen molar-refractivity contribution in [3.63, 3.8) is 0 Å². The number of carbonyl (C=O) groups excluding carboxylic acids is 1. The van der Waals surface area contributed by atoms with E-state index in [0.29, 0.717) is 22.9 Å². The molecule has 7 heteroatoms. The summed E-state index contributed by atoms with van der Waals surface area (Å²) in [4.78, 5) is 15.1. The van der Waals surface area contributed by atoms with Crippen molar-refractivity contribution < 1.29 is 14.6 Å². The summed E-state index contributed by atoms with van der Waals surface area (Å²) in [6.07, 6.45) is 0. The summed E-state index contributed by atoms with van der Waals surface area (Å²) in [7, 11) is 0. The van der Waals surface area contributed by atoms with E-state index >= 15 is 0 Å². The lowest BCUT2D eigenvalue weighted by molar-refractivity contribution is -0.0763. The molecule has 1 N–H and O–H groups in total. The Kier molecular flexibility index (Phi) is 5.31. The second-order valence-corrected chi connectivity index (χ2v) is 7.15. The van der Waals surface area contributed by atoms with Gasteiger partial charge in [0, 0.05) is 37.7 Å². The van der Waals surface area contributed by atoms with E-state index in [2.05, 4.69) is 4.90 Å². The van der Waals surface area contributed by atoms with Gasteiger partial charge in [0.2, 0.25) is 0 Å². The van der Waals surface area contributed by atoms with E-state index in [1.807, 2.05) is 47.5 Å². The summed E-state index contributed by atoms with van der Waals surface area (Å²) in [5.74, 6) is 0.581. The van der Waals surface area contributed by atoms with Crippen LogP contribution in [0, 0.1) is 0 Å². The molecule has 1 fully saturated rings. The topological polar surface area (TPSA) is 56.2 Å². The highest BCUT2D eigenvalue weighted by Gasteiger charge is 2.32.